The van der Waals surface area contributed by atoms with Gasteiger partial charge in [0.25, 0.3) is 0 Å². The van der Waals surface area contributed by atoms with E-state index in [1.807, 2.05) is 24.3 Å². The van der Waals surface area contributed by atoms with Crippen molar-refractivity contribution in [1.29, 1.82) is 0 Å². The Hall–Kier alpha value is -2.27. The molecule has 1 aromatic carbocycles. The summed E-state index contributed by atoms with van der Waals surface area (Å²) in [5.74, 6) is 0.984. The third-order valence-corrected chi connectivity index (χ3v) is 3.02. The van der Waals surface area contributed by atoms with Crippen LogP contribution in [0.5, 0.6) is 5.75 Å². The number of amides is 1. The lowest BCUT2D eigenvalue weighted by atomic mass is 10.1. The van der Waals surface area contributed by atoms with E-state index in [2.05, 4.69) is 10.3 Å². The minimum absolute atomic E-state index is 0.313. The Kier molecular flexibility index (Phi) is 5.11. The maximum Gasteiger partial charge on any atom is 0.413 e. The molecule has 0 saturated heterocycles. The zero-order valence-electron chi connectivity index (χ0n) is 13.5. The molecule has 6 heteroatoms. The number of hydrogen-bond acceptors (Lipinski definition) is 4. The second-order valence-electron chi connectivity index (χ2n) is 5.88. The topological polar surface area (TPSA) is 60.5 Å². The number of pyridine rings is 1. The highest BCUT2D eigenvalue weighted by Gasteiger charge is 2.17. The van der Waals surface area contributed by atoms with E-state index < -0.39 is 11.7 Å². The van der Waals surface area contributed by atoms with Crippen molar-refractivity contribution in [3.8, 4) is 17.0 Å². The van der Waals surface area contributed by atoms with Crippen LogP contribution in [-0.2, 0) is 4.74 Å². The summed E-state index contributed by atoms with van der Waals surface area (Å²) < 4.78 is 10.5. The Labute approximate surface area is 140 Å². The van der Waals surface area contributed by atoms with Crippen LogP contribution in [0.1, 0.15) is 20.8 Å². The van der Waals surface area contributed by atoms with Gasteiger partial charge in [-0.3, -0.25) is 5.32 Å². The summed E-state index contributed by atoms with van der Waals surface area (Å²) in [6, 6.07) is 10.7. The Bertz CT molecular complexity index is 711. The molecule has 0 unspecified atom stereocenters. The molecule has 0 fully saturated rings. The average molecular weight is 335 g/mol. The summed E-state index contributed by atoms with van der Waals surface area (Å²) in [7, 11) is 1.59. The molecule has 0 bridgehead atoms. The number of rotatable bonds is 3. The predicted molar refractivity (Wildman–Crippen MR) is 91.1 cm³/mol. The van der Waals surface area contributed by atoms with Crippen molar-refractivity contribution in [3.63, 3.8) is 0 Å². The molecule has 0 aliphatic heterocycles. The zero-order valence-corrected chi connectivity index (χ0v) is 14.3. The van der Waals surface area contributed by atoms with E-state index >= 15 is 0 Å². The van der Waals surface area contributed by atoms with Crippen molar-refractivity contribution >= 4 is 23.5 Å². The van der Waals surface area contributed by atoms with Crippen molar-refractivity contribution in [2.45, 2.75) is 26.4 Å². The molecule has 0 atom stereocenters. The van der Waals surface area contributed by atoms with Gasteiger partial charge in [0.05, 0.1) is 12.8 Å². The number of anilines is 1. The molecular formula is C17H19ClN2O3. The minimum atomic E-state index is -0.589. The fourth-order valence-electron chi connectivity index (χ4n) is 1.96. The molecule has 23 heavy (non-hydrogen) atoms. The van der Waals surface area contributed by atoms with Gasteiger partial charge in [-0.2, -0.15) is 0 Å². The van der Waals surface area contributed by atoms with Gasteiger partial charge in [0.2, 0.25) is 0 Å². The van der Waals surface area contributed by atoms with Crippen molar-refractivity contribution in [3.05, 3.63) is 41.4 Å². The van der Waals surface area contributed by atoms with Crippen LogP contribution in [-0.4, -0.2) is 23.8 Å². The van der Waals surface area contributed by atoms with Gasteiger partial charge in [0.1, 0.15) is 17.2 Å². The van der Waals surface area contributed by atoms with Crippen LogP contribution in [0, 0.1) is 0 Å². The Morgan fingerprint density at radius 3 is 2.57 bits per heavy atom. The van der Waals surface area contributed by atoms with E-state index in [0.29, 0.717) is 22.3 Å². The van der Waals surface area contributed by atoms with E-state index in [0.717, 1.165) is 5.56 Å². The third kappa shape index (κ3) is 4.86. The van der Waals surface area contributed by atoms with Gasteiger partial charge in [-0.15, -0.1) is 0 Å². The monoisotopic (exact) mass is 334 g/mol. The first-order valence-corrected chi connectivity index (χ1v) is 7.47. The third-order valence-electron chi connectivity index (χ3n) is 2.80. The lowest BCUT2D eigenvalue weighted by Crippen LogP contribution is -2.27. The Morgan fingerprint density at radius 2 is 1.91 bits per heavy atom. The second kappa shape index (κ2) is 6.87. The molecule has 0 spiro atoms. The smallest absolute Gasteiger partial charge is 0.413 e. The van der Waals surface area contributed by atoms with Gasteiger partial charge in [-0.05, 0) is 45.0 Å². The van der Waals surface area contributed by atoms with Crippen LogP contribution in [0.25, 0.3) is 11.3 Å². The number of aromatic nitrogens is 1. The van der Waals surface area contributed by atoms with E-state index in [-0.39, 0.29) is 0 Å². The van der Waals surface area contributed by atoms with Crippen LogP contribution in [0.3, 0.4) is 0 Å². The predicted octanol–water partition coefficient (Wildman–Crippen LogP) is 4.76. The number of methoxy groups -OCH3 is 1. The molecule has 0 radical (unpaired) electrons. The minimum Gasteiger partial charge on any atom is -0.496 e. The van der Waals surface area contributed by atoms with Gasteiger partial charge in [0.15, 0.2) is 0 Å². The molecule has 1 amide bonds. The molecular weight excluding hydrogens is 316 g/mol. The summed E-state index contributed by atoms with van der Waals surface area (Å²) in [5, 5.41) is 3.04. The number of benzene rings is 1. The fourth-order valence-corrected chi connectivity index (χ4v) is 2.17. The first kappa shape index (κ1) is 17.1. The molecule has 1 aromatic heterocycles. The number of hydrogen-bond donors (Lipinski definition) is 1. The van der Waals surface area contributed by atoms with Gasteiger partial charge in [-0.25, -0.2) is 9.78 Å². The molecule has 2 rings (SSSR count). The van der Waals surface area contributed by atoms with E-state index in [1.54, 1.807) is 40.0 Å². The lowest BCUT2D eigenvalue weighted by Gasteiger charge is -2.19. The SMILES string of the molecule is COc1ccccc1-c1cc(Cl)cc(NC(=O)OC(C)(C)C)n1. The average Bonchev–Trinajstić information content (AvgIpc) is 2.44. The van der Waals surface area contributed by atoms with E-state index in [4.69, 9.17) is 21.1 Å². The number of nitrogens with zero attached hydrogens (tertiary/aromatic N) is 1. The Balaban J connectivity index is 2.31. The van der Waals surface area contributed by atoms with Crippen molar-refractivity contribution in [1.82, 2.24) is 4.98 Å². The van der Waals surface area contributed by atoms with Crippen molar-refractivity contribution < 1.29 is 14.3 Å². The fraction of sp³-hybridized carbons (Fsp3) is 0.294. The molecule has 0 aliphatic carbocycles. The van der Waals surface area contributed by atoms with Crippen molar-refractivity contribution in [2.75, 3.05) is 12.4 Å². The molecule has 0 saturated carbocycles. The van der Waals surface area contributed by atoms with Crippen LogP contribution in [0.2, 0.25) is 5.02 Å². The number of para-hydroxylation sites is 1. The van der Waals surface area contributed by atoms with Crippen LogP contribution < -0.4 is 10.1 Å². The van der Waals surface area contributed by atoms with E-state index in [1.165, 1.54) is 0 Å². The molecule has 1 N–H and O–H groups in total. The van der Waals surface area contributed by atoms with Crippen LogP contribution in [0.15, 0.2) is 36.4 Å². The Morgan fingerprint density at radius 1 is 1.22 bits per heavy atom. The molecule has 2 aromatic rings. The summed E-state index contributed by atoms with van der Waals surface area (Å²) >= 11 is 6.14. The van der Waals surface area contributed by atoms with Crippen LogP contribution >= 0.6 is 11.6 Å². The lowest BCUT2D eigenvalue weighted by molar-refractivity contribution is 0.0635. The van der Waals surface area contributed by atoms with Gasteiger partial charge in [-0.1, -0.05) is 23.7 Å². The van der Waals surface area contributed by atoms with Crippen LogP contribution in [0.4, 0.5) is 10.6 Å². The zero-order chi connectivity index (χ0) is 17.0. The maximum atomic E-state index is 11.9. The number of carbonyl (C=O) groups is 1. The maximum absolute atomic E-state index is 11.9. The molecule has 0 aliphatic rings. The molecule has 5 nitrogen and oxygen atoms in total. The quantitative estimate of drug-likeness (QED) is 0.879. The number of carbonyl (C=O) groups excluding carboxylic acids is 1. The first-order valence-electron chi connectivity index (χ1n) is 7.09. The van der Waals surface area contributed by atoms with Gasteiger partial charge >= 0.3 is 6.09 Å². The van der Waals surface area contributed by atoms with Crippen molar-refractivity contribution in [2.24, 2.45) is 0 Å². The first-order chi connectivity index (χ1) is 10.8. The highest BCUT2D eigenvalue weighted by Crippen LogP contribution is 2.31. The standard InChI is InChI=1S/C17H19ClN2O3/c1-17(2,3)23-16(21)20-15-10-11(18)9-13(19-15)12-7-5-6-8-14(12)22-4/h5-10H,1-4H3,(H,19,20,21). The summed E-state index contributed by atoms with van der Waals surface area (Å²) in [5.41, 5.74) is 0.791. The summed E-state index contributed by atoms with van der Waals surface area (Å²) in [4.78, 5) is 16.3. The largest absolute Gasteiger partial charge is 0.496 e. The molecule has 122 valence electrons. The second-order valence-corrected chi connectivity index (χ2v) is 6.32. The summed E-state index contributed by atoms with van der Waals surface area (Å²) in [6.07, 6.45) is -0.585. The molecule has 1 heterocycles. The van der Waals surface area contributed by atoms with E-state index in [9.17, 15) is 4.79 Å². The highest BCUT2D eigenvalue weighted by molar-refractivity contribution is 6.31. The summed E-state index contributed by atoms with van der Waals surface area (Å²) in [6.45, 7) is 5.37. The number of halogens is 1. The normalized spacial score (nSPS) is 11.0. The van der Waals surface area contributed by atoms with Gasteiger partial charge in [0, 0.05) is 10.6 Å². The van der Waals surface area contributed by atoms with Gasteiger partial charge < -0.3 is 9.47 Å². The number of nitrogens with one attached hydrogen (secondary N) is 1. The highest BCUT2D eigenvalue weighted by atomic mass is 35.5. The number of ether oxygens (including phenoxy) is 2.